The van der Waals surface area contributed by atoms with E-state index in [0.717, 1.165) is 12.5 Å². The van der Waals surface area contributed by atoms with Gasteiger partial charge in [-0.25, -0.2) is 9.78 Å². The number of alkyl halides is 3. The van der Waals surface area contributed by atoms with Crippen molar-refractivity contribution >= 4 is 11.8 Å². The highest BCUT2D eigenvalue weighted by atomic mass is 19.4. The molecule has 0 fully saturated rings. The molecule has 112 valence electrons. The first-order valence-electron chi connectivity index (χ1n) is 6.19. The summed E-state index contributed by atoms with van der Waals surface area (Å²) in [6.07, 6.45) is -3.76. The Bertz CT molecular complexity index is 489. The van der Waals surface area contributed by atoms with Gasteiger partial charge in [0.2, 0.25) is 0 Å². The third-order valence-corrected chi connectivity index (χ3v) is 3.04. The number of hydrogen-bond donors (Lipinski definition) is 1. The molecule has 0 radical (unpaired) electrons. The van der Waals surface area contributed by atoms with Crippen LogP contribution < -0.4 is 4.90 Å². The summed E-state index contributed by atoms with van der Waals surface area (Å²) in [5.41, 5.74) is -1.32. The Labute approximate surface area is 115 Å². The van der Waals surface area contributed by atoms with Gasteiger partial charge in [0.1, 0.15) is 17.1 Å². The molecule has 1 aromatic heterocycles. The number of hydrogen-bond acceptors (Lipinski definition) is 3. The fourth-order valence-electron chi connectivity index (χ4n) is 1.75. The van der Waals surface area contributed by atoms with E-state index in [1.807, 2.05) is 13.8 Å². The monoisotopic (exact) mass is 290 g/mol. The summed E-state index contributed by atoms with van der Waals surface area (Å²) in [7, 11) is 1.54. The van der Waals surface area contributed by atoms with Crippen LogP contribution in [-0.2, 0) is 6.18 Å². The molecule has 1 rings (SSSR count). The highest BCUT2D eigenvalue weighted by Gasteiger charge is 2.34. The summed E-state index contributed by atoms with van der Waals surface area (Å²) in [6, 6.07) is 1.63. The smallest absolute Gasteiger partial charge is 0.433 e. The summed E-state index contributed by atoms with van der Waals surface area (Å²) < 4.78 is 38.0. The zero-order chi connectivity index (χ0) is 15.5. The van der Waals surface area contributed by atoms with E-state index >= 15 is 0 Å². The minimum atomic E-state index is -4.59. The molecule has 0 saturated heterocycles. The van der Waals surface area contributed by atoms with E-state index in [1.54, 1.807) is 7.05 Å². The Morgan fingerprint density at radius 1 is 1.45 bits per heavy atom. The number of aromatic carboxylic acids is 1. The van der Waals surface area contributed by atoms with Gasteiger partial charge in [0.15, 0.2) is 0 Å². The summed E-state index contributed by atoms with van der Waals surface area (Å²) in [5, 5.41) is 9.05. The zero-order valence-electron chi connectivity index (χ0n) is 11.5. The van der Waals surface area contributed by atoms with Gasteiger partial charge in [-0.2, -0.15) is 13.2 Å². The molecule has 0 aliphatic carbocycles. The number of carboxylic acids is 1. The minimum absolute atomic E-state index is 0.160. The van der Waals surface area contributed by atoms with Crippen molar-refractivity contribution in [2.24, 2.45) is 5.92 Å². The number of pyridine rings is 1. The van der Waals surface area contributed by atoms with Crippen LogP contribution in [0.3, 0.4) is 0 Å². The summed E-state index contributed by atoms with van der Waals surface area (Å²) >= 11 is 0. The van der Waals surface area contributed by atoms with Crippen LogP contribution >= 0.6 is 0 Å². The van der Waals surface area contributed by atoms with Crippen molar-refractivity contribution in [3.63, 3.8) is 0 Å². The normalized spacial score (nSPS) is 13.1. The molecule has 0 aliphatic heterocycles. The van der Waals surface area contributed by atoms with Gasteiger partial charge in [0, 0.05) is 13.6 Å². The van der Waals surface area contributed by atoms with Crippen LogP contribution in [0.25, 0.3) is 0 Å². The molecule has 0 aliphatic rings. The topological polar surface area (TPSA) is 53.4 Å². The predicted octanol–water partition coefficient (Wildman–Crippen LogP) is 3.28. The summed E-state index contributed by atoms with van der Waals surface area (Å²) in [5.74, 6) is -1.23. The molecule has 0 spiro atoms. The number of anilines is 1. The van der Waals surface area contributed by atoms with Gasteiger partial charge >= 0.3 is 12.1 Å². The van der Waals surface area contributed by atoms with Crippen LogP contribution in [0.15, 0.2) is 12.1 Å². The van der Waals surface area contributed by atoms with Gasteiger partial charge in [-0.1, -0.05) is 20.3 Å². The van der Waals surface area contributed by atoms with Crippen LogP contribution in [0.2, 0.25) is 0 Å². The first kappa shape index (κ1) is 16.3. The molecule has 1 unspecified atom stereocenters. The van der Waals surface area contributed by atoms with Crippen molar-refractivity contribution in [2.75, 3.05) is 18.5 Å². The number of carboxylic acid groups (broad SMARTS) is 1. The summed E-state index contributed by atoms with van der Waals surface area (Å²) in [6.45, 7) is 4.33. The van der Waals surface area contributed by atoms with Crippen molar-refractivity contribution < 1.29 is 23.1 Å². The Kier molecular flexibility index (Phi) is 4.97. The second-order valence-corrected chi connectivity index (χ2v) is 4.76. The predicted molar refractivity (Wildman–Crippen MR) is 68.9 cm³/mol. The fraction of sp³-hybridized carbons (Fsp3) is 0.538. The lowest BCUT2D eigenvalue weighted by Gasteiger charge is -2.24. The van der Waals surface area contributed by atoms with Crippen LogP contribution in [0.1, 0.15) is 36.3 Å². The van der Waals surface area contributed by atoms with E-state index in [-0.39, 0.29) is 17.3 Å². The van der Waals surface area contributed by atoms with E-state index in [0.29, 0.717) is 12.6 Å². The van der Waals surface area contributed by atoms with Crippen LogP contribution in [-0.4, -0.2) is 29.7 Å². The molecule has 20 heavy (non-hydrogen) atoms. The van der Waals surface area contributed by atoms with E-state index in [2.05, 4.69) is 4.98 Å². The number of aromatic nitrogens is 1. The van der Waals surface area contributed by atoms with E-state index in [9.17, 15) is 18.0 Å². The Morgan fingerprint density at radius 2 is 2.05 bits per heavy atom. The number of nitrogens with zero attached hydrogens (tertiary/aromatic N) is 2. The molecule has 1 atom stereocenters. The SMILES string of the molecule is CCC(C)CN(C)c1nc(C(F)(F)F)ccc1C(=O)O. The lowest BCUT2D eigenvalue weighted by atomic mass is 10.1. The highest BCUT2D eigenvalue weighted by molar-refractivity contribution is 5.93. The maximum atomic E-state index is 12.7. The molecule has 1 N–H and O–H groups in total. The molecule has 1 aromatic rings. The Balaban J connectivity index is 3.22. The van der Waals surface area contributed by atoms with Crippen molar-refractivity contribution in [1.29, 1.82) is 0 Å². The van der Waals surface area contributed by atoms with Crippen LogP contribution in [0.5, 0.6) is 0 Å². The molecule has 0 aromatic carbocycles. The molecule has 1 heterocycles. The van der Waals surface area contributed by atoms with E-state index in [1.165, 1.54) is 4.90 Å². The third-order valence-electron chi connectivity index (χ3n) is 3.04. The van der Waals surface area contributed by atoms with Gasteiger partial charge in [-0.3, -0.25) is 0 Å². The molecular weight excluding hydrogens is 273 g/mol. The maximum Gasteiger partial charge on any atom is 0.433 e. The van der Waals surface area contributed by atoms with Crippen LogP contribution in [0, 0.1) is 5.92 Å². The van der Waals surface area contributed by atoms with E-state index < -0.39 is 17.8 Å². The number of carbonyl (C=O) groups is 1. The first-order chi connectivity index (χ1) is 9.16. The van der Waals surface area contributed by atoms with Gasteiger partial charge < -0.3 is 10.0 Å². The second kappa shape index (κ2) is 6.11. The number of halogens is 3. The lowest BCUT2D eigenvalue weighted by Crippen LogP contribution is -2.27. The second-order valence-electron chi connectivity index (χ2n) is 4.76. The molecular formula is C13H17F3N2O2. The number of rotatable bonds is 5. The zero-order valence-corrected chi connectivity index (χ0v) is 11.5. The van der Waals surface area contributed by atoms with Gasteiger partial charge in [0.25, 0.3) is 0 Å². The molecule has 0 amide bonds. The molecule has 4 nitrogen and oxygen atoms in total. The third kappa shape index (κ3) is 3.85. The summed E-state index contributed by atoms with van der Waals surface area (Å²) in [4.78, 5) is 16.0. The lowest BCUT2D eigenvalue weighted by molar-refractivity contribution is -0.141. The highest BCUT2D eigenvalue weighted by Crippen LogP contribution is 2.30. The molecule has 0 bridgehead atoms. The van der Waals surface area contributed by atoms with Gasteiger partial charge in [-0.05, 0) is 18.1 Å². The van der Waals surface area contributed by atoms with Crippen molar-refractivity contribution in [2.45, 2.75) is 26.4 Å². The average Bonchev–Trinajstić information content (AvgIpc) is 2.36. The molecule has 7 heteroatoms. The average molecular weight is 290 g/mol. The van der Waals surface area contributed by atoms with Crippen molar-refractivity contribution in [3.05, 3.63) is 23.4 Å². The van der Waals surface area contributed by atoms with Gasteiger partial charge in [-0.15, -0.1) is 0 Å². The standard InChI is InChI=1S/C13H17F3N2O2/c1-4-8(2)7-18(3)11-9(12(19)20)5-6-10(17-11)13(14,15)16/h5-6,8H,4,7H2,1-3H3,(H,19,20). The Hall–Kier alpha value is -1.79. The maximum absolute atomic E-state index is 12.7. The van der Waals surface area contributed by atoms with E-state index in [4.69, 9.17) is 5.11 Å². The molecule has 0 saturated carbocycles. The fourth-order valence-corrected chi connectivity index (χ4v) is 1.75. The van der Waals surface area contributed by atoms with Crippen molar-refractivity contribution in [1.82, 2.24) is 4.98 Å². The quantitative estimate of drug-likeness (QED) is 0.904. The first-order valence-corrected chi connectivity index (χ1v) is 6.19. The Morgan fingerprint density at radius 3 is 2.50 bits per heavy atom. The van der Waals surface area contributed by atoms with Crippen molar-refractivity contribution in [3.8, 4) is 0 Å². The van der Waals surface area contributed by atoms with Crippen LogP contribution in [0.4, 0.5) is 19.0 Å². The minimum Gasteiger partial charge on any atom is -0.478 e. The largest absolute Gasteiger partial charge is 0.478 e. The van der Waals surface area contributed by atoms with Gasteiger partial charge in [0.05, 0.1) is 0 Å².